The molecule has 0 unspecified atom stereocenters. The van der Waals surface area contributed by atoms with Crippen molar-refractivity contribution < 1.29 is 14.0 Å². The lowest BCUT2D eigenvalue weighted by Crippen LogP contribution is -2.22. The van der Waals surface area contributed by atoms with Crippen molar-refractivity contribution in [1.29, 1.82) is 0 Å². The van der Waals surface area contributed by atoms with Gasteiger partial charge in [-0.25, -0.2) is 4.39 Å². The van der Waals surface area contributed by atoms with Gasteiger partial charge in [0.25, 0.3) is 5.91 Å². The average molecular weight is 329 g/mol. The summed E-state index contributed by atoms with van der Waals surface area (Å²) in [5, 5.41) is 2.62. The molecule has 1 aliphatic rings. The number of aryl methyl sites for hydroxylation is 1. The van der Waals surface area contributed by atoms with Gasteiger partial charge in [0, 0.05) is 17.5 Å². The molecule has 3 N–H and O–H groups in total. The number of hydroxylamine groups is 1. The van der Waals surface area contributed by atoms with Crippen LogP contribution in [0.25, 0.3) is 5.70 Å². The second-order valence-electron chi connectivity index (χ2n) is 5.92. The number of nitrogens with one attached hydrogen (secondary N) is 3. The first kappa shape index (κ1) is 16.3. The molecule has 0 fully saturated rings. The molecule has 1 aliphatic carbocycles. The summed E-state index contributed by atoms with van der Waals surface area (Å²) < 4.78 is 13.8. The van der Waals surface area contributed by atoms with Crippen molar-refractivity contribution >= 4 is 17.3 Å². The van der Waals surface area contributed by atoms with E-state index in [2.05, 4.69) is 15.8 Å². The van der Waals surface area contributed by atoms with Gasteiger partial charge >= 0.3 is 0 Å². The van der Waals surface area contributed by atoms with Gasteiger partial charge in [-0.2, -0.15) is 0 Å². The number of carbonyl (C=O) groups is 1. The molecule has 5 nitrogen and oxygen atoms in total. The van der Waals surface area contributed by atoms with Crippen LogP contribution in [0, 0.1) is 5.82 Å². The molecule has 0 saturated carbocycles. The van der Waals surface area contributed by atoms with Crippen LogP contribution in [0.3, 0.4) is 0 Å². The number of para-hydroxylation sites is 1. The van der Waals surface area contributed by atoms with Gasteiger partial charge in [0.15, 0.2) is 0 Å². The summed E-state index contributed by atoms with van der Waals surface area (Å²) in [4.78, 5) is 21.2. The number of allylic oxidation sites excluding steroid dienone is 1. The van der Waals surface area contributed by atoms with Crippen LogP contribution in [0.5, 0.6) is 0 Å². The standard InChI is InChI=1S/C18H20FN3O2/c1-11(2)24-22-16-9-5-8-15-17(16)12(10-20-15)18(23)21-14-7-4-3-6-13(14)19/h3-4,6-7,9-11,20,22H,5,8H2,1-2H3,(H,21,23). The Hall–Kier alpha value is -2.60. The van der Waals surface area contributed by atoms with Crippen molar-refractivity contribution in [3.8, 4) is 0 Å². The first-order chi connectivity index (χ1) is 11.6. The lowest BCUT2D eigenvalue weighted by atomic mass is 9.98. The molecule has 1 aromatic carbocycles. The maximum absolute atomic E-state index is 13.8. The highest BCUT2D eigenvalue weighted by Crippen LogP contribution is 2.28. The summed E-state index contributed by atoms with van der Waals surface area (Å²) in [5.74, 6) is -0.830. The molecule has 6 heteroatoms. The third kappa shape index (κ3) is 3.33. The number of anilines is 1. The Morgan fingerprint density at radius 2 is 2.12 bits per heavy atom. The minimum absolute atomic E-state index is 0.00547. The molecule has 3 rings (SSSR count). The van der Waals surface area contributed by atoms with Crippen LogP contribution >= 0.6 is 0 Å². The van der Waals surface area contributed by atoms with Gasteiger partial charge in [-0.1, -0.05) is 18.2 Å². The minimum Gasteiger partial charge on any atom is -0.364 e. The Morgan fingerprint density at radius 3 is 2.88 bits per heavy atom. The number of H-pyrrole nitrogens is 1. The van der Waals surface area contributed by atoms with Crippen LogP contribution in [0.15, 0.2) is 36.5 Å². The second kappa shape index (κ2) is 6.88. The number of fused-ring (bicyclic) bond motifs is 1. The summed E-state index contributed by atoms with van der Waals surface area (Å²) in [6.07, 6.45) is 5.32. The Balaban J connectivity index is 1.85. The maximum atomic E-state index is 13.8. The molecule has 0 bridgehead atoms. The Bertz CT molecular complexity index is 780. The highest BCUT2D eigenvalue weighted by Gasteiger charge is 2.23. The second-order valence-corrected chi connectivity index (χ2v) is 5.92. The summed E-state index contributed by atoms with van der Waals surface area (Å²) in [5.41, 5.74) is 6.03. The highest BCUT2D eigenvalue weighted by atomic mass is 19.1. The number of aromatic nitrogens is 1. The molecule has 1 amide bonds. The van der Waals surface area contributed by atoms with Crippen LogP contribution in [0.1, 0.15) is 41.9 Å². The van der Waals surface area contributed by atoms with Gasteiger partial charge in [-0.05, 0) is 38.8 Å². The van der Waals surface area contributed by atoms with E-state index in [0.717, 1.165) is 29.8 Å². The van der Waals surface area contributed by atoms with Gasteiger partial charge < -0.3 is 10.3 Å². The molecule has 0 spiro atoms. The normalized spacial score (nSPS) is 13.4. The van der Waals surface area contributed by atoms with Gasteiger partial charge in [-0.3, -0.25) is 15.1 Å². The predicted octanol–water partition coefficient (Wildman–Crippen LogP) is 3.62. The smallest absolute Gasteiger partial charge is 0.257 e. The number of hydrogen-bond donors (Lipinski definition) is 3. The molecule has 0 saturated heterocycles. The van der Waals surface area contributed by atoms with Crippen molar-refractivity contribution in [2.24, 2.45) is 0 Å². The largest absolute Gasteiger partial charge is 0.364 e. The van der Waals surface area contributed by atoms with Crippen molar-refractivity contribution in [2.75, 3.05) is 5.32 Å². The zero-order valence-corrected chi connectivity index (χ0v) is 13.7. The number of carbonyl (C=O) groups excluding carboxylic acids is 1. The molecule has 24 heavy (non-hydrogen) atoms. The Kier molecular flexibility index (Phi) is 4.66. The molecule has 0 atom stereocenters. The Morgan fingerprint density at radius 1 is 1.33 bits per heavy atom. The van der Waals surface area contributed by atoms with E-state index in [0.29, 0.717) is 5.56 Å². The predicted molar refractivity (Wildman–Crippen MR) is 90.8 cm³/mol. The van der Waals surface area contributed by atoms with Crippen molar-refractivity contribution in [3.05, 3.63) is 59.2 Å². The number of halogens is 1. The zero-order chi connectivity index (χ0) is 17.1. The van der Waals surface area contributed by atoms with Gasteiger partial charge in [0.1, 0.15) is 5.82 Å². The van der Waals surface area contributed by atoms with Gasteiger partial charge in [0.05, 0.1) is 23.1 Å². The van der Waals surface area contributed by atoms with Gasteiger partial charge in [-0.15, -0.1) is 0 Å². The van der Waals surface area contributed by atoms with E-state index >= 15 is 0 Å². The molecule has 1 aromatic heterocycles. The SMILES string of the molecule is CC(C)ONC1=CCCc2[nH]cc(C(=O)Nc3ccccc3F)c21. The van der Waals surface area contributed by atoms with E-state index in [9.17, 15) is 9.18 Å². The molecule has 1 heterocycles. The van der Waals surface area contributed by atoms with Gasteiger partial charge in [0.2, 0.25) is 0 Å². The molecule has 2 aromatic rings. The lowest BCUT2D eigenvalue weighted by Gasteiger charge is -2.19. The number of benzene rings is 1. The van der Waals surface area contributed by atoms with Crippen LogP contribution < -0.4 is 10.8 Å². The average Bonchev–Trinajstić information content (AvgIpc) is 2.99. The molecule has 0 radical (unpaired) electrons. The molecule has 0 aliphatic heterocycles. The van der Waals surface area contributed by atoms with E-state index in [-0.39, 0.29) is 17.7 Å². The maximum Gasteiger partial charge on any atom is 0.257 e. The fourth-order valence-electron chi connectivity index (χ4n) is 2.64. The van der Waals surface area contributed by atoms with E-state index in [1.165, 1.54) is 12.1 Å². The molecular weight excluding hydrogens is 309 g/mol. The summed E-state index contributed by atoms with van der Waals surface area (Å²) in [6, 6.07) is 6.10. The van der Waals surface area contributed by atoms with Crippen molar-refractivity contribution in [1.82, 2.24) is 10.5 Å². The van der Waals surface area contributed by atoms with Crippen LogP contribution in [-0.2, 0) is 11.3 Å². The fourth-order valence-corrected chi connectivity index (χ4v) is 2.64. The Labute approximate surface area is 139 Å². The minimum atomic E-state index is -0.465. The lowest BCUT2D eigenvalue weighted by molar-refractivity contribution is 0.0271. The van der Waals surface area contributed by atoms with E-state index in [4.69, 9.17) is 4.84 Å². The zero-order valence-electron chi connectivity index (χ0n) is 13.7. The molecule has 126 valence electrons. The van der Waals surface area contributed by atoms with Crippen LogP contribution in [-0.4, -0.2) is 17.0 Å². The third-order valence-corrected chi connectivity index (χ3v) is 3.75. The first-order valence-electron chi connectivity index (χ1n) is 7.94. The van der Waals surface area contributed by atoms with E-state index in [1.807, 2.05) is 19.9 Å². The van der Waals surface area contributed by atoms with E-state index < -0.39 is 5.82 Å². The number of aromatic amines is 1. The first-order valence-corrected chi connectivity index (χ1v) is 7.94. The highest BCUT2D eigenvalue weighted by molar-refractivity contribution is 6.07. The van der Waals surface area contributed by atoms with Crippen LogP contribution in [0.4, 0.5) is 10.1 Å². The third-order valence-electron chi connectivity index (χ3n) is 3.75. The topological polar surface area (TPSA) is 66.1 Å². The van der Waals surface area contributed by atoms with Crippen molar-refractivity contribution in [2.45, 2.75) is 32.8 Å². The fraction of sp³-hybridized carbons (Fsp3) is 0.278. The quantitative estimate of drug-likeness (QED) is 0.734. The molecular formula is C18H20FN3O2. The number of hydrogen-bond acceptors (Lipinski definition) is 3. The number of amides is 1. The summed E-state index contributed by atoms with van der Waals surface area (Å²) in [6.45, 7) is 3.83. The van der Waals surface area contributed by atoms with E-state index in [1.54, 1.807) is 18.3 Å². The monoisotopic (exact) mass is 329 g/mol. The van der Waals surface area contributed by atoms with Crippen LogP contribution in [0.2, 0.25) is 0 Å². The number of rotatable bonds is 5. The van der Waals surface area contributed by atoms with Crippen molar-refractivity contribution in [3.63, 3.8) is 0 Å². The summed E-state index contributed by atoms with van der Waals surface area (Å²) in [7, 11) is 0. The summed E-state index contributed by atoms with van der Waals surface area (Å²) >= 11 is 0.